The van der Waals surface area contributed by atoms with Gasteiger partial charge in [0.15, 0.2) is 0 Å². The molecule has 2 aromatic heterocycles. The lowest BCUT2D eigenvalue weighted by atomic mass is 9.91. The van der Waals surface area contributed by atoms with E-state index in [0.717, 1.165) is 30.7 Å². The minimum Gasteiger partial charge on any atom is -0.388 e. The van der Waals surface area contributed by atoms with Crippen molar-refractivity contribution in [2.75, 3.05) is 5.32 Å². The number of fused-ring (bicyclic) bond motifs is 1. The molecule has 148 valence electrons. The number of aliphatic hydroxyl groups is 1. The fourth-order valence-corrected chi connectivity index (χ4v) is 3.20. The second-order valence-corrected chi connectivity index (χ2v) is 7.66. The molecule has 1 aliphatic rings. The first-order chi connectivity index (χ1) is 13.1. The van der Waals surface area contributed by atoms with E-state index in [0.29, 0.717) is 23.1 Å². The topological polar surface area (TPSA) is 75.3 Å². The first-order valence-electron chi connectivity index (χ1n) is 8.99. The summed E-state index contributed by atoms with van der Waals surface area (Å²) in [5, 5.41) is 18.1. The van der Waals surface area contributed by atoms with Gasteiger partial charge in [0.25, 0.3) is 5.78 Å². The van der Waals surface area contributed by atoms with E-state index in [1.807, 2.05) is 6.07 Å². The summed E-state index contributed by atoms with van der Waals surface area (Å²) in [4.78, 5) is 8.64. The molecule has 1 saturated carbocycles. The molecule has 1 aromatic carbocycles. The zero-order valence-corrected chi connectivity index (χ0v) is 15.4. The first-order valence-corrected chi connectivity index (χ1v) is 8.99. The lowest BCUT2D eigenvalue weighted by molar-refractivity contribution is -0.137. The summed E-state index contributed by atoms with van der Waals surface area (Å²) >= 11 is 0. The Balaban J connectivity index is 1.72. The zero-order chi connectivity index (χ0) is 20.1. The number of alkyl halides is 3. The van der Waals surface area contributed by atoms with Crippen LogP contribution in [0.1, 0.15) is 55.5 Å². The van der Waals surface area contributed by atoms with Gasteiger partial charge in [-0.1, -0.05) is 12.1 Å². The van der Waals surface area contributed by atoms with Gasteiger partial charge >= 0.3 is 6.18 Å². The number of benzene rings is 1. The quantitative estimate of drug-likeness (QED) is 0.689. The number of hydrogen-bond acceptors (Lipinski definition) is 5. The molecule has 6 nitrogen and oxygen atoms in total. The molecular weight excluding hydrogens is 371 g/mol. The van der Waals surface area contributed by atoms with Crippen LogP contribution in [0.4, 0.5) is 19.0 Å². The van der Waals surface area contributed by atoms with E-state index in [2.05, 4.69) is 20.4 Å². The lowest BCUT2D eigenvalue weighted by Gasteiger charge is -2.31. The van der Waals surface area contributed by atoms with E-state index >= 15 is 0 Å². The van der Waals surface area contributed by atoms with Crippen molar-refractivity contribution in [3.63, 3.8) is 0 Å². The van der Waals surface area contributed by atoms with Crippen LogP contribution in [0.5, 0.6) is 0 Å². The standard InChI is InChI=1S/C19H20F3N5O/c1-18(2,28)16(12-5-7-13(8-6-12)19(20,21)22)26-15-9-14(11-3-4-11)25-17-23-10-24-27(15)17/h5-11,16,26,28H,3-4H2,1-2H3/t16-/m0/s1. The van der Waals surface area contributed by atoms with Crippen molar-refractivity contribution in [2.24, 2.45) is 0 Å². The van der Waals surface area contributed by atoms with Crippen LogP contribution in [0.3, 0.4) is 0 Å². The third-order valence-corrected chi connectivity index (χ3v) is 4.84. The molecule has 0 spiro atoms. The molecule has 0 aliphatic heterocycles. The van der Waals surface area contributed by atoms with Crippen LogP contribution in [-0.4, -0.2) is 30.3 Å². The van der Waals surface area contributed by atoms with E-state index < -0.39 is 23.4 Å². The van der Waals surface area contributed by atoms with Gasteiger partial charge in [-0.3, -0.25) is 0 Å². The number of halogens is 3. The highest BCUT2D eigenvalue weighted by atomic mass is 19.4. The van der Waals surface area contributed by atoms with Gasteiger partial charge in [0.2, 0.25) is 0 Å². The van der Waals surface area contributed by atoms with Crippen LogP contribution in [0.25, 0.3) is 5.78 Å². The second kappa shape index (κ2) is 6.44. The van der Waals surface area contributed by atoms with Crippen LogP contribution >= 0.6 is 0 Å². The highest BCUT2D eigenvalue weighted by Gasteiger charge is 2.33. The predicted octanol–water partition coefficient (Wildman–Crippen LogP) is 3.94. The van der Waals surface area contributed by atoms with Crippen LogP contribution in [0.15, 0.2) is 36.7 Å². The molecule has 1 atom stereocenters. The van der Waals surface area contributed by atoms with Gasteiger partial charge in [0.1, 0.15) is 12.1 Å². The predicted molar refractivity (Wildman–Crippen MR) is 96.9 cm³/mol. The SMILES string of the molecule is CC(C)(O)[C@@H](Nc1cc(C2CC2)nc2ncnn12)c1ccc(C(F)(F)F)cc1. The highest BCUT2D eigenvalue weighted by Crippen LogP contribution is 2.40. The summed E-state index contributed by atoms with van der Waals surface area (Å²) in [6.45, 7) is 3.20. The molecule has 0 unspecified atom stereocenters. The van der Waals surface area contributed by atoms with Crippen molar-refractivity contribution < 1.29 is 18.3 Å². The Hall–Kier alpha value is -2.68. The summed E-state index contributed by atoms with van der Waals surface area (Å²) in [7, 11) is 0. The van der Waals surface area contributed by atoms with Crippen molar-refractivity contribution >= 4 is 11.6 Å². The third-order valence-electron chi connectivity index (χ3n) is 4.84. The molecule has 28 heavy (non-hydrogen) atoms. The number of nitrogens with zero attached hydrogens (tertiary/aromatic N) is 4. The second-order valence-electron chi connectivity index (χ2n) is 7.66. The summed E-state index contributed by atoms with van der Waals surface area (Å²) in [5.41, 5.74) is -0.567. The maximum absolute atomic E-state index is 12.9. The largest absolute Gasteiger partial charge is 0.416 e. The van der Waals surface area contributed by atoms with Crippen molar-refractivity contribution in [1.82, 2.24) is 19.6 Å². The summed E-state index contributed by atoms with van der Waals surface area (Å²) < 4.78 is 40.2. The van der Waals surface area contributed by atoms with Gasteiger partial charge in [-0.15, -0.1) is 0 Å². The fraction of sp³-hybridized carbons (Fsp3) is 0.421. The van der Waals surface area contributed by atoms with E-state index in [-0.39, 0.29) is 0 Å². The fourth-order valence-electron chi connectivity index (χ4n) is 3.20. The molecule has 9 heteroatoms. The van der Waals surface area contributed by atoms with Gasteiger partial charge in [-0.2, -0.15) is 27.8 Å². The number of nitrogens with one attached hydrogen (secondary N) is 1. The molecule has 1 fully saturated rings. The van der Waals surface area contributed by atoms with E-state index in [4.69, 9.17) is 0 Å². The summed E-state index contributed by atoms with van der Waals surface area (Å²) in [5.74, 6) is 1.40. The molecular formula is C19H20F3N5O. The Labute approximate surface area is 159 Å². The Morgan fingerprint density at radius 2 is 1.86 bits per heavy atom. The molecule has 2 N–H and O–H groups in total. The third kappa shape index (κ3) is 3.66. The van der Waals surface area contributed by atoms with E-state index in [1.54, 1.807) is 13.8 Å². The Bertz CT molecular complexity index is 987. The average Bonchev–Trinajstić information content (AvgIpc) is 3.35. The lowest BCUT2D eigenvalue weighted by Crippen LogP contribution is -2.35. The van der Waals surface area contributed by atoms with Gasteiger partial charge in [0, 0.05) is 12.0 Å². The molecule has 4 rings (SSSR count). The van der Waals surface area contributed by atoms with Gasteiger partial charge < -0.3 is 10.4 Å². The van der Waals surface area contributed by atoms with Gasteiger partial charge in [-0.05, 0) is 44.4 Å². The van der Waals surface area contributed by atoms with Crippen molar-refractivity contribution in [1.29, 1.82) is 0 Å². The van der Waals surface area contributed by atoms with E-state index in [9.17, 15) is 18.3 Å². The van der Waals surface area contributed by atoms with Crippen LogP contribution < -0.4 is 5.32 Å². The maximum Gasteiger partial charge on any atom is 0.416 e. The number of aromatic nitrogens is 4. The van der Waals surface area contributed by atoms with E-state index in [1.165, 1.54) is 23.0 Å². The van der Waals surface area contributed by atoms with Crippen molar-refractivity contribution in [3.05, 3.63) is 53.5 Å². The first kappa shape index (κ1) is 18.7. The Morgan fingerprint density at radius 1 is 1.18 bits per heavy atom. The monoisotopic (exact) mass is 391 g/mol. The van der Waals surface area contributed by atoms with Crippen LogP contribution in [0, 0.1) is 0 Å². The minimum atomic E-state index is -4.41. The summed E-state index contributed by atoms with van der Waals surface area (Å²) in [6.07, 6.45) is -0.899. The normalized spacial score (nSPS) is 16.4. The van der Waals surface area contributed by atoms with Gasteiger partial charge in [-0.25, -0.2) is 4.98 Å². The molecule has 3 aromatic rings. The van der Waals surface area contributed by atoms with Gasteiger partial charge in [0.05, 0.1) is 22.9 Å². The maximum atomic E-state index is 12.9. The van der Waals surface area contributed by atoms with Crippen LogP contribution in [-0.2, 0) is 6.18 Å². The Kier molecular flexibility index (Phi) is 4.29. The molecule has 1 aliphatic carbocycles. The molecule has 0 radical (unpaired) electrons. The Morgan fingerprint density at radius 3 is 2.43 bits per heavy atom. The summed E-state index contributed by atoms with van der Waals surface area (Å²) in [6, 6.07) is 5.98. The number of hydrogen-bond donors (Lipinski definition) is 2. The molecule has 0 saturated heterocycles. The number of rotatable bonds is 5. The minimum absolute atomic E-state index is 0.383. The molecule has 2 heterocycles. The smallest absolute Gasteiger partial charge is 0.388 e. The van der Waals surface area contributed by atoms with Crippen molar-refractivity contribution in [3.8, 4) is 0 Å². The molecule has 0 bridgehead atoms. The van der Waals surface area contributed by atoms with Crippen LogP contribution in [0.2, 0.25) is 0 Å². The molecule has 0 amide bonds. The number of anilines is 1. The van der Waals surface area contributed by atoms with Crippen molar-refractivity contribution in [2.45, 2.75) is 50.4 Å². The average molecular weight is 391 g/mol. The highest BCUT2D eigenvalue weighted by molar-refractivity contribution is 5.49. The zero-order valence-electron chi connectivity index (χ0n) is 15.4.